The summed E-state index contributed by atoms with van der Waals surface area (Å²) in [7, 11) is 0. The zero-order chi connectivity index (χ0) is 31.3. The number of carbonyl (C=O) groups excluding carboxylic acids is 1. The first-order valence-corrected chi connectivity index (χ1v) is 13.9. The van der Waals surface area contributed by atoms with Gasteiger partial charge in [0.05, 0.1) is 31.0 Å². The molecule has 15 atom stereocenters. The number of guanidine groups is 1. The van der Waals surface area contributed by atoms with Gasteiger partial charge in [0.15, 0.2) is 36.7 Å². The molecule has 6 unspecified atom stereocenters. The van der Waals surface area contributed by atoms with Gasteiger partial charge in [-0.2, -0.15) is 0 Å². The van der Waals surface area contributed by atoms with Gasteiger partial charge in [-0.3, -0.25) is 4.79 Å². The normalized spacial score (nSPS) is 43.5. The molecule has 18 heteroatoms. The summed E-state index contributed by atoms with van der Waals surface area (Å²) in [6.45, 7) is -0.878. The predicted octanol–water partition coefficient (Wildman–Crippen LogP) is -5.07. The van der Waals surface area contributed by atoms with E-state index in [1.54, 1.807) is 0 Å². The minimum Gasteiger partial charge on any atom is -0.394 e. The van der Waals surface area contributed by atoms with Crippen molar-refractivity contribution in [3.05, 3.63) is 0 Å². The van der Waals surface area contributed by atoms with E-state index in [1.165, 1.54) is 0 Å². The second kappa shape index (κ2) is 15.4. The molecular formula is C24H45F2N7O9. The van der Waals surface area contributed by atoms with Gasteiger partial charge in [-0.25, -0.2) is 13.8 Å². The van der Waals surface area contributed by atoms with Crippen LogP contribution in [0.15, 0.2) is 4.99 Å². The van der Waals surface area contributed by atoms with Crippen LogP contribution in [-0.4, -0.2) is 138 Å². The Morgan fingerprint density at radius 3 is 2.21 bits per heavy atom. The van der Waals surface area contributed by atoms with Crippen molar-refractivity contribution in [3.8, 4) is 0 Å². The number of rotatable bonds is 12. The summed E-state index contributed by atoms with van der Waals surface area (Å²) in [5.74, 6) is -2.35. The van der Waals surface area contributed by atoms with Crippen molar-refractivity contribution >= 4 is 11.7 Å². The van der Waals surface area contributed by atoms with Crippen molar-refractivity contribution in [2.24, 2.45) is 45.3 Å². The van der Waals surface area contributed by atoms with E-state index in [0.29, 0.717) is 0 Å². The fraction of sp³-hybridized carbons (Fsp3) is 0.917. The molecule has 0 radical (unpaired) electrons. The lowest BCUT2D eigenvalue weighted by molar-refractivity contribution is -0.313. The molecule has 3 rings (SSSR count). The third-order valence-electron chi connectivity index (χ3n) is 7.88. The molecule has 244 valence electrons. The van der Waals surface area contributed by atoms with E-state index in [-0.39, 0.29) is 32.4 Å². The molecule has 16 nitrogen and oxygen atoms in total. The van der Waals surface area contributed by atoms with E-state index in [1.807, 2.05) is 0 Å². The van der Waals surface area contributed by atoms with Gasteiger partial charge < -0.3 is 73.8 Å². The van der Waals surface area contributed by atoms with E-state index >= 15 is 4.39 Å². The van der Waals surface area contributed by atoms with Crippen molar-refractivity contribution in [1.29, 1.82) is 0 Å². The van der Waals surface area contributed by atoms with Crippen LogP contribution in [0, 0.1) is 5.92 Å². The number of aliphatic imine (C=N–C) groups is 1. The molecule has 0 spiro atoms. The number of aliphatic hydroxyl groups is 4. The minimum absolute atomic E-state index is 0.0562. The number of alkyl halides is 2. The van der Waals surface area contributed by atoms with E-state index in [0.717, 1.165) is 0 Å². The molecule has 16 N–H and O–H groups in total. The topological polar surface area (TPSA) is 303 Å². The highest BCUT2D eigenvalue weighted by Crippen LogP contribution is 2.38. The van der Waals surface area contributed by atoms with Gasteiger partial charge in [0, 0.05) is 19.0 Å². The number of ketones is 1. The van der Waals surface area contributed by atoms with Crippen LogP contribution in [0.25, 0.3) is 0 Å². The van der Waals surface area contributed by atoms with Crippen LogP contribution in [0.1, 0.15) is 25.7 Å². The van der Waals surface area contributed by atoms with Crippen molar-refractivity contribution < 1.29 is 52.9 Å². The minimum atomic E-state index is -2.10. The maximum absolute atomic E-state index is 16.4. The number of hydrogen-bond donors (Lipinski definition) is 10. The van der Waals surface area contributed by atoms with Crippen LogP contribution < -0.4 is 34.4 Å². The summed E-state index contributed by atoms with van der Waals surface area (Å²) < 4.78 is 53.6. The van der Waals surface area contributed by atoms with Gasteiger partial charge >= 0.3 is 0 Å². The monoisotopic (exact) mass is 613 g/mol. The molecule has 2 aliphatic heterocycles. The molecule has 0 aromatic carbocycles. The van der Waals surface area contributed by atoms with Gasteiger partial charge in [-0.05, 0) is 31.7 Å². The quantitative estimate of drug-likeness (QED) is 0.0727. The van der Waals surface area contributed by atoms with Gasteiger partial charge in [-0.15, -0.1) is 0 Å². The molecule has 3 fully saturated rings. The van der Waals surface area contributed by atoms with Crippen LogP contribution in [0.4, 0.5) is 8.78 Å². The van der Waals surface area contributed by atoms with Crippen LogP contribution in [-0.2, 0) is 23.7 Å². The standard InChI is InChI=1S/C24H45F2N7O9/c25-9(1-2-27)12(35)4-8-3-10(29)21(42-22-11(30)5-13(36)14(6-28)39-22)16(26)20(8)41-23-19(38)17(33-24(31)32)18(37)15(7-34)40-23/h8-11,13-23,34,36-38H,1-7,27-30H2,(H4,31,32,33)/t8-,9-,10?,11?,13-,14?,15+,16+,17?,18+,19+,20?,21+,22+,23?/m0/s1. The number of aliphatic hydroxyl groups excluding tert-OH is 4. The summed E-state index contributed by atoms with van der Waals surface area (Å²) in [4.78, 5) is 16.4. The van der Waals surface area contributed by atoms with Gasteiger partial charge in [0.2, 0.25) is 0 Å². The third-order valence-corrected chi connectivity index (χ3v) is 7.88. The SMILES string of the molecule is NCC[C@H](F)C(=O)C[C@@H]1CC(N)[C@@H](O[C@H]2OC(CN)[C@@H](O)CC2N)[C@H](F)C1OC1O[C@H](CO)[C@@H](O)C(N=C(N)N)[C@H]1O. The molecule has 0 aromatic heterocycles. The molecule has 42 heavy (non-hydrogen) atoms. The van der Waals surface area contributed by atoms with E-state index in [4.69, 9.17) is 53.3 Å². The number of hydrogen-bond acceptors (Lipinski definition) is 14. The first-order valence-electron chi connectivity index (χ1n) is 13.9. The Balaban J connectivity index is 1.88. The number of Topliss-reactive ketones (excluding diaryl/α,β-unsaturated/α-hetero) is 1. The van der Waals surface area contributed by atoms with Crippen molar-refractivity contribution in [2.75, 3.05) is 19.7 Å². The van der Waals surface area contributed by atoms with Crippen molar-refractivity contribution in [1.82, 2.24) is 0 Å². The average molecular weight is 614 g/mol. The molecule has 0 amide bonds. The summed E-state index contributed by atoms with van der Waals surface area (Å²) >= 11 is 0. The Kier molecular flexibility index (Phi) is 12.7. The zero-order valence-corrected chi connectivity index (χ0v) is 23.1. The van der Waals surface area contributed by atoms with Crippen LogP contribution in [0.2, 0.25) is 0 Å². The maximum Gasteiger partial charge on any atom is 0.186 e. The highest BCUT2D eigenvalue weighted by atomic mass is 19.1. The van der Waals surface area contributed by atoms with E-state index < -0.39 is 116 Å². The molecule has 3 aliphatic rings. The Hall–Kier alpha value is -1.68. The second-order valence-electron chi connectivity index (χ2n) is 11.0. The van der Waals surface area contributed by atoms with Gasteiger partial charge in [0.1, 0.15) is 30.5 Å². The maximum atomic E-state index is 16.4. The third kappa shape index (κ3) is 8.07. The molecule has 0 bridgehead atoms. The smallest absolute Gasteiger partial charge is 0.186 e. The number of nitrogens with zero attached hydrogens (tertiary/aromatic N) is 1. The molecule has 1 aliphatic carbocycles. The Labute approximate surface area is 241 Å². The molecule has 2 heterocycles. The summed E-state index contributed by atoms with van der Waals surface area (Å²) in [6, 6.07) is -3.32. The molecular weight excluding hydrogens is 568 g/mol. The average Bonchev–Trinajstić information content (AvgIpc) is 2.93. The Morgan fingerprint density at radius 2 is 1.62 bits per heavy atom. The predicted molar refractivity (Wildman–Crippen MR) is 143 cm³/mol. The fourth-order valence-electron chi connectivity index (χ4n) is 5.62. The largest absolute Gasteiger partial charge is 0.394 e. The van der Waals surface area contributed by atoms with Gasteiger partial charge in [-0.1, -0.05) is 0 Å². The van der Waals surface area contributed by atoms with Gasteiger partial charge in [0.25, 0.3) is 0 Å². The molecule has 1 saturated carbocycles. The summed E-state index contributed by atoms with van der Waals surface area (Å²) in [6.07, 6.45) is -17.1. The summed E-state index contributed by atoms with van der Waals surface area (Å²) in [5.41, 5.74) is 34.2. The number of carbonyl (C=O) groups is 1. The highest BCUT2D eigenvalue weighted by molar-refractivity contribution is 5.83. The van der Waals surface area contributed by atoms with Crippen molar-refractivity contribution in [3.63, 3.8) is 0 Å². The van der Waals surface area contributed by atoms with Crippen LogP contribution in [0.3, 0.4) is 0 Å². The zero-order valence-electron chi connectivity index (χ0n) is 23.1. The lowest BCUT2D eigenvalue weighted by Gasteiger charge is -2.47. The Bertz CT molecular complexity index is 910. The number of ether oxygens (including phenoxy) is 4. The first kappa shape index (κ1) is 34.8. The lowest BCUT2D eigenvalue weighted by Crippen LogP contribution is -2.64. The van der Waals surface area contributed by atoms with Crippen LogP contribution in [0.5, 0.6) is 0 Å². The van der Waals surface area contributed by atoms with Crippen molar-refractivity contribution in [2.45, 2.75) is 111 Å². The van der Waals surface area contributed by atoms with Crippen LogP contribution >= 0.6 is 0 Å². The molecule has 0 aromatic rings. The Morgan fingerprint density at radius 1 is 0.976 bits per heavy atom. The lowest BCUT2D eigenvalue weighted by atomic mass is 9.77. The fourth-order valence-corrected chi connectivity index (χ4v) is 5.62. The van der Waals surface area contributed by atoms with E-state index in [2.05, 4.69) is 4.99 Å². The first-order chi connectivity index (χ1) is 19.8. The molecule has 2 saturated heterocycles. The second-order valence-corrected chi connectivity index (χ2v) is 11.0. The number of halogens is 2. The number of nitrogens with two attached hydrogens (primary N) is 6. The highest BCUT2D eigenvalue weighted by Gasteiger charge is 2.52. The summed E-state index contributed by atoms with van der Waals surface area (Å²) in [5, 5.41) is 41.2. The van der Waals surface area contributed by atoms with E-state index in [9.17, 15) is 29.6 Å².